The highest BCUT2D eigenvalue weighted by Gasteiger charge is 2.27. The first-order chi connectivity index (χ1) is 18.9. The number of rotatable bonds is 10. The van der Waals surface area contributed by atoms with Crippen LogP contribution < -0.4 is 20.1 Å². The van der Waals surface area contributed by atoms with Crippen molar-refractivity contribution in [2.24, 2.45) is 0 Å². The Balaban J connectivity index is 1.35. The van der Waals surface area contributed by atoms with Crippen molar-refractivity contribution in [3.8, 4) is 17.4 Å². The van der Waals surface area contributed by atoms with Crippen molar-refractivity contribution in [3.63, 3.8) is 0 Å². The largest absolute Gasteiger partial charge is 0.489 e. The highest BCUT2D eigenvalue weighted by Crippen LogP contribution is 2.30. The molecule has 0 aliphatic heterocycles. The van der Waals surface area contributed by atoms with E-state index in [-0.39, 0.29) is 53.4 Å². The molecule has 1 aliphatic carbocycles. The lowest BCUT2D eigenvalue weighted by atomic mass is 9.90. The van der Waals surface area contributed by atoms with Crippen molar-refractivity contribution in [2.45, 2.75) is 42.7 Å². The fraction of sp³-hybridized carbons (Fsp3) is 0.321. The van der Waals surface area contributed by atoms with Gasteiger partial charge in [-0.1, -0.05) is 23.7 Å². The molecule has 4 rings (SSSR count). The van der Waals surface area contributed by atoms with E-state index in [4.69, 9.17) is 26.2 Å². The molecule has 1 fully saturated rings. The van der Waals surface area contributed by atoms with Gasteiger partial charge < -0.3 is 25.2 Å². The number of para-hydroxylation sites is 1. The Hall–Kier alpha value is -3.34. The molecule has 0 atom stereocenters. The second-order valence-electron chi connectivity index (χ2n) is 8.97. The van der Waals surface area contributed by atoms with Gasteiger partial charge in [0.25, 0.3) is 11.8 Å². The quantitative estimate of drug-likeness (QED) is 0.285. The van der Waals surface area contributed by atoms with E-state index in [1.54, 1.807) is 36.0 Å². The Kier molecular flexibility index (Phi) is 10.0. The van der Waals surface area contributed by atoms with E-state index in [1.165, 1.54) is 0 Å². The number of halogens is 2. The maximum Gasteiger partial charge on any atom is 0.257 e. The summed E-state index contributed by atoms with van der Waals surface area (Å²) in [6.45, 7) is -0.181. The van der Waals surface area contributed by atoms with Crippen LogP contribution in [0.2, 0.25) is 5.02 Å². The molecular formula is C28H29ClFN3O5S. The van der Waals surface area contributed by atoms with Crippen LogP contribution in [0.25, 0.3) is 0 Å². The van der Waals surface area contributed by atoms with Gasteiger partial charge in [-0.05, 0) is 68.3 Å². The smallest absolute Gasteiger partial charge is 0.257 e. The van der Waals surface area contributed by atoms with Crippen LogP contribution in [-0.2, 0) is 0 Å². The van der Waals surface area contributed by atoms with Gasteiger partial charge in [0.2, 0.25) is 5.88 Å². The molecular weight excluding hydrogens is 545 g/mol. The lowest BCUT2D eigenvalue weighted by Gasteiger charge is -2.30. The normalized spacial score (nSPS) is 16.8. The zero-order valence-electron chi connectivity index (χ0n) is 21.3. The third-order valence-corrected chi connectivity index (χ3v) is 7.29. The van der Waals surface area contributed by atoms with Gasteiger partial charge in [0.15, 0.2) is 5.75 Å². The molecule has 0 bridgehead atoms. The van der Waals surface area contributed by atoms with Crippen molar-refractivity contribution in [1.82, 2.24) is 15.6 Å². The van der Waals surface area contributed by atoms with E-state index in [1.807, 2.05) is 24.5 Å². The van der Waals surface area contributed by atoms with E-state index in [2.05, 4.69) is 15.6 Å². The molecule has 1 saturated carbocycles. The fourth-order valence-corrected chi connectivity index (χ4v) is 5.02. The fourth-order valence-electron chi connectivity index (χ4n) is 4.34. The number of benzene rings is 2. The minimum atomic E-state index is -0.639. The van der Waals surface area contributed by atoms with Crippen molar-refractivity contribution in [3.05, 3.63) is 76.7 Å². The second-order valence-corrected chi connectivity index (χ2v) is 10.3. The highest BCUT2D eigenvalue weighted by molar-refractivity contribution is 7.98. The minimum absolute atomic E-state index is 0.0105. The van der Waals surface area contributed by atoms with E-state index < -0.39 is 11.7 Å². The molecule has 3 aromatic rings. The molecule has 39 heavy (non-hydrogen) atoms. The average molecular weight is 574 g/mol. The van der Waals surface area contributed by atoms with Crippen LogP contribution >= 0.6 is 23.4 Å². The standard InChI is InChI=1S/C28H29ClFN3O5S/c1-39-21-5-2-4-20(15-21)38-28-23(14-17(30)16-31-28)27(36)33-19-10-8-18(9-11-19)32-26(35)22-6-3-7-24(29)25(22)37-13-12-34/h2-7,14-16,18-19,34H,8-13H2,1H3,(H,32,35)(H,33,36). The topological polar surface area (TPSA) is 110 Å². The van der Waals surface area contributed by atoms with Gasteiger partial charge in [-0.25, -0.2) is 9.37 Å². The van der Waals surface area contributed by atoms with Gasteiger partial charge in [0.05, 0.1) is 23.4 Å². The van der Waals surface area contributed by atoms with Crippen molar-refractivity contribution in [2.75, 3.05) is 19.5 Å². The molecule has 206 valence electrons. The van der Waals surface area contributed by atoms with Gasteiger partial charge in [-0.2, -0.15) is 0 Å². The number of ether oxygens (including phenoxy) is 2. The number of nitrogens with zero attached hydrogens (tertiary/aromatic N) is 1. The van der Waals surface area contributed by atoms with Crippen LogP contribution in [0.15, 0.2) is 59.6 Å². The number of amides is 2. The van der Waals surface area contributed by atoms with Crippen LogP contribution in [0.1, 0.15) is 46.4 Å². The molecule has 0 spiro atoms. The summed E-state index contributed by atoms with van der Waals surface area (Å²) in [5.41, 5.74) is 0.303. The minimum Gasteiger partial charge on any atom is -0.489 e. The summed E-state index contributed by atoms with van der Waals surface area (Å²) in [5, 5.41) is 15.3. The first-order valence-corrected chi connectivity index (χ1v) is 14.1. The number of pyridine rings is 1. The lowest BCUT2D eigenvalue weighted by molar-refractivity contribution is 0.0887. The Morgan fingerprint density at radius 2 is 1.72 bits per heavy atom. The predicted octanol–water partition coefficient (Wildman–Crippen LogP) is 5.23. The summed E-state index contributed by atoms with van der Waals surface area (Å²) in [5.74, 6) is -0.690. The van der Waals surface area contributed by atoms with Crippen LogP contribution in [0.4, 0.5) is 4.39 Å². The third kappa shape index (κ3) is 7.62. The van der Waals surface area contributed by atoms with E-state index in [0.717, 1.165) is 17.2 Å². The van der Waals surface area contributed by atoms with Gasteiger partial charge in [0, 0.05) is 17.0 Å². The summed E-state index contributed by atoms with van der Waals surface area (Å²) >= 11 is 7.73. The molecule has 0 saturated heterocycles. The second kappa shape index (κ2) is 13.6. The molecule has 11 heteroatoms. The number of hydrogen-bond acceptors (Lipinski definition) is 7. The highest BCUT2D eigenvalue weighted by atomic mass is 35.5. The first-order valence-electron chi connectivity index (χ1n) is 12.5. The van der Waals surface area contributed by atoms with Crippen LogP contribution in [0.5, 0.6) is 17.4 Å². The Bertz CT molecular complexity index is 1320. The number of aliphatic hydroxyl groups is 1. The number of nitrogens with one attached hydrogen (secondary N) is 2. The zero-order valence-corrected chi connectivity index (χ0v) is 22.9. The lowest BCUT2D eigenvalue weighted by Crippen LogP contribution is -2.44. The van der Waals surface area contributed by atoms with Gasteiger partial charge >= 0.3 is 0 Å². The summed E-state index contributed by atoms with van der Waals surface area (Å²) in [7, 11) is 0. The average Bonchev–Trinajstić information content (AvgIpc) is 2.94. The van der Waals surface area contributed by atoms with E-state index in [9.17, 15) is 14.0 Å². The molecule has 1 aromatic heterocycles. The third-order valence-electron chi connectivity index (χ3n) is 6.27. The molecule has 1 aliphatic rings. The molecule has 2 amide bonds. The monoisotopic (exact) mass is 573 g/mol. The predicted molar refractivity (Wildman–Crippen MR) is 148 cm³/mol. The molecule has 1 heterocycles. The van der Waals surface area contributed by atoms with E-state index >= 15 is 0 Å². The summed E-state index contributed by atoms with van der Waals surface area (Å²) < 4.78 is 25.3. The van der Waals surface area contributed by atoms with Crippen molar-refractivity contribution < 1.29 is 28.6 Å². The Labute approximate surface area is 235 Å². The summed E-state index contributed by atoms with van der Waals surface area (Å²) in [6, 6.07) is 13.1. The molecule has 0 radical (unpaired) electrons. The van der Waals surface area contributed by atoms with Gasteiger partial charge in [-0.3, -0.25) is 9.59 Å². The molecule has 8 nitrogen and oxygen atoms in total. The summed E-state index contributed by atoms with van der Waals surface area (Å²) in [4.78, 5) is 31.0. The summed E-state index contributed by atoms with van der Waals surface area (Å²) in [6.07, 6.45) is 5.46. The van der Waals surface area contributed by atoms with Crippen molar-refractivity contribution >= 4 is 35.2 Å². The van der Waals surface area contributed by atoms with Gasteiger partial charge in [0.1, 0.15) is 23.7 Å². The number of thioether (sulfide) groups is 1. The van der Waals surface area contributed by atoms with Crippen LogP contribution in [0.3, 0.4) is 0 Å². The number of carbonyl (C=O) groups is 2. The number of carbonyl (C=O) groups excluding carboxylic acids is 2. The van der Waals surface area contributed by atoms with Crippen LogP contribution in [-0.4, -0.2) is 53.5 Å². The molecule has 3 N–H and O–H groups in total. The Morgan fingerprint density at radius 1 is 1.05 bits per heavy atom. The van der Waals surface area contributed by atoms with Gasteiger partial charge in [-0.15, -0.1) is 11.8 Å². The maximum atomic E-state index is 14.0. The van der Waals surface area contributed by atoms with Crippen LogP contribution in [0, 0.1) is 5.82 Å². The SMILES string of the molecule is CSc1cccc(Oc2ncc(F)cc2C(=O)NC2CCC(NC(=O)c3cccc(Cl)c3OCCO)CC2)c1. The van der Waals surface area contributed by atoms with E-state index in [0.29, 0.717) is 37.0 Å². The zero-order chi connectivity index (χ0) is 27.8. The maximum absolute atomic E-state index is 14.0. The molecule has 2 aromatic carbocycles. The molecule has 0 unspecified atom stereocenters. The number of aliphatic hydroxyl groups excluding tert-OH is 1. The number of aromatic nitrogens is 1. The first kappa shape index (κ1) is 28.7. The Morgan fingerprint density at radius 3 is 2.38 bits per heavy atom. The van der Waals surface area contributed by atoms with Crippen molar-refractivity contribution in [1.29, 1.82) is 0 Å². The number of hydrogen-bond donors (Lipinski definition) is 3.